The summed E-state index contributed by atoms with van der Waals surface area (Å²) in [5.41, 5.74) is 1.80. The lowest BCUT2D eigenvalue weighted by atomic mass is 9.76. The normalized spacial score (nSPS) is 13.5. The van der Waals surface area contributed by atoms with E-state index in [1.54, 1.807) is 24.3 Å². The molecule has 2 aromatic rings. The maximum atomic E-state index is 13.3. The summed E-state index contributed by atoms with van der Waals surface area (Å²) >= 11 is 0. The van der Waals surface area contributed by atoms with E-state index < -0.39 is 6.67 Å². The first-order valence-corrected chi connectivity index (χ1v) is 8.22. The smallest absolute Gasteiger partial charge is 0.160 e. The van der Waals surface area contributed by atoms with E-state index in [1.807, 2.05) is 26.0 Å². The van der Waals surface area contributed by atoms with E-state index in [-0.39, 0.29) is 29.3 Å². The Morgan fingerprint density at radius 3 is 1.68 bits per heavy atom. The fourth-order valence-electron chi connectivity index (χ4n) is 3.04. The lowest BCUT2D eigenvalue weighted by Gasteiger charge is -2.29. The first-order chi connectivity index (χ1) is 11.9. The number of rotatable bonds is 7. The summed E-state index contributed by atoms with van der Waals surface area (Å²) in [6.07, 6.45) is 0. The van der Waals surface area contributed by atoms with Gasteiger partial charge in [-0.1, -0.05) is 26.0 Å². The molecule has 136 valence electrons. The van der Waals surface area contributed by atoms with E-state index in [4.69, 9.17) is 9.47 Å². The predicted molar refractivity (Wildman–Crippen MR) is 95.5 cm³/mol. The number of hydrogen-bond acceptors (Lipinski definition) is 4. The second-order valence-electron chi connectivity index (χ2n) is 6.33. The van der Waals surface area contributed by atoms with Gasteiger partial charge in [0.25, 0.3) is 0 Å². The van der Waals surface area contributed by atoms with Crippen molar-refractivity contribution in [1.82, 2.24) is 0 Å². The Labute approximate surface area is 147 Å². The molecule has 0 heterocycles. The lowest BCUT2D eigenvalue weighted by molar-refractivity contribution is 0.275. The highest BCUT2D eigenvalue weighted by atomic mass is 19.1. The highest BCUT2D eigenvalue weighted by Crippen LogP contribution is 2.41. The van der Waals surface area contributed by atoms with Crippen LogP contribution >= 0.6 is 0 Å². The number of phenolic OH excluding ortho intramolecular Hbond substituents is 2. The van der Waals surface area contributed by atoms with Gasteiger partial charge in [0, 0.05) is 5.92 Å². The standard InChI is InChI=1S/C20H25FO4/c1-12(11-21)13(2)20(14-5-7-16(22)18(9-14)24-3)15-6-8-17(23)19(10-15)25-4/h5-10,12-13,20,22-23H,11H2,1-4H3/t12-,13-/m0/s1. The molecule has 2 rings (SSSR count). The Hall–Kier alpha value is -2.43. The van der Waals surface area contributed by atoms with Gasteiger partial charge in [0.05, 0.1) is 20.9 Å². The van der Waals surface area contributed by atoms with Crippen molar-refractivity contribution in [3.63, 3.8) is 0 Å². The molecule has 0 saturated carbocycles. The van der Waals surface area contributed by atoms with Gasteiger partial charge >= 0.3 is 0 Å². The third-order valence-electron chi connectivity index (χ3n) is 4.79. The molecule has 0 amide bonds. The molecule has 0 unspecified atom stereocenters. The summed E-state index contributed by atoms with van der Waals surface area (Å²) in [5.74, 6) is 0.522. The maximum absolute atomic E-state index is 13.3. The average molecular weight is 348 g/mol. The van der Waals surface area contributed by atoms with E-state index in [0.717, 1.165) is 11.1 Å². The van der Waals surface area contributed by atoms with Crippen LogP contribution in [0.5, 0.6) is 23.0 Å². The second kappa shape index (κ2) is 8.10. The Balaban J connectivity index is 2.57. The highest BCUT2D eigenvalue weighted by Gasteiger charge is 2.27. The Morgan fingerprint density at radius 1 is 0.880 bits per heavy atom. The van der Waals surface area contributed by atoms with Crippen LogP contribution in [0.4, 0.5) is 4.39 Å². The number of ether oxygens (including phenoxy) is 2. The van der Waals surface area contributed by atoms with E-state index in [9.17, 15) is 14.6 Å². The number of benzene rings is 2. The Bertz CT molecular complexity index is 663. The molecule has 5 heteroatoms. The second-order valence-corrected chi connectivity index (χ2v) is 6.33. The topological polar surface area (TPSA) is 58.9 Å². The molecular weight excluding hydrogens is 323 g/mol. The van der Waals surface area contributed by atoms with E-state index in [2.05, 4.69) is 0 Å². The average Bonchev–Trinajstić information content (AvgIpc) is 2.63. The van der Waals surface area contributed by atoms with Crippen molar-refractivity contribution < 1.29 is 24.1 Å². The van der Waals surface area contributed by atoms with Gasteiger partial charge in [0.1, 0.15) is 0 Å². The molecule has 2 aromatic carbocycles. The van der Waals surface area contributed by atoms with Crippen LogP contribution in [0.3, 0.4) is 0 Å². The van der Waals surface area contributed by atoms with Crippen LogP contribution in [0.25, 0.3) is 0 Å². The fourth-order valence-corrected chi connectivity index (χ4v) is 3.04. The summed E-state index contributed by atoms with van der Waals surface area (Å²) < 4.78 is 23.7. The van der Waals surface area contributed by atoms with Crippen molar-refractivity contribution in [2.24, 2.45) is 11.8 Å². The van der Waals surface area contributed by atoms with Crippen molar-refractivity contribution in [2.75, 3.05) is 20.9 Å². The van der Waals surface area contributed by atoms with Gasteiger partial charge in [-0.05, 0) is 47.2 Å². The molecule has 4 nitrogen and oxygen atoms in total. The van der Waals surface area contributed by atoms with Crippen LogP contribution < -0.4 is 9.47 Å². The van der Waals surface area contributed by atoms with Crippen LogP contribution in [-0.2, 0) is 0 Å². The molecule has 0 aliphatic carbocycles. The third kappa shape index (κ3) is 3.98. The minimum atomic E-state index is -0.428. The number of methoxy groups -OCH3 is 2. The maximum Gasteiger partial charge on any atom is 0.160 e. The minimum absolute atomic E-state index is 0.0199. The zero-order chi connectivity index (χ0) is 18.6. The predicted octanol–water partition coefficient (Wildman–Crippen LogP) is 4.49. The molecule has 2 atom stereocenters. The van der Waals surface area contributed by atoms with Crippen LogP contribution in [0.15, 0.2) is 36.4 Å². The number of alkyl halides is 1. The van der Waals surface area contributed by atoms with Crippen molar-refractivity contribution in [3.8, 4) is 23.0 Å². The van der Waals surface area contributed by atoms with Crippen molar-refractivity contribution in [3.05, 3.63) is 47.5 Å². The van der Waals surface area contributed by atoms with E-state index in [0.29, 0.717) is 11.5 Å². The molecule has 0 aromatic heterocycles. The van der Waals surface area contributed by atoms with Gasteiger partial charge in [0.2, 0.25) is 0 Å². The van der Waals surface area contributed by atoms with Crippen molar-refractivity contribution >= 4 is 0 Å². The van der Waals surface area contributed by atoms with Crippen molar-refractivity contribution in [1.29, 1.82) is 0 Å². The minimum Gasteiger partial charge on any atom is -0.504 e. The van der Waals surface area contributed by atoms with E-state index >= 15 is 0 Å². The van der Waals surface area contributed by atoms with Gasteiger partial charge < -0.3 is 19.7 Å². The number of halogens is 1. The quantitative estimate of drug-likeness (QED) is 0.774. The highest BCUT2D eigenvalue weighted by molar-refractivity contribution is 5.49. The number of hydrogen-bond donors (Lipinski definition) is 2. The Kier molecular flexibility index (Phi) is 6.12. The van der Waals surface area contributed by atoms with Crippen LogP contribution in [0, 0.1) is 11.8 Å². The molecule has 0 aliphatic heterocycles. The summed E-state index contributed by atoms with van der Waals surface area (Å²) in [6.45, 7) is 3.43. The molecular formula is C20H25FO4. The molecule has 0 aliphatic rings. The molecule has 0 saturated heterocycles. The van der Waals surface area contributed by atoms with Crippen LogP contribution in [-0.4, -0.2) is 31.1 Å². The zero-order valence-corrected chi connectivity index (χ0v) is 15.0. The number of aromatic hydroxyl groups is 2. The summed E-state index contributed by atoms with van der Waals surface area (Å²) in [7, 11) is 2.98. The summed E-state index contributed by atoms with van der Waals surface area (Å²) in [4.78, 5) is 0. The van der Waals surface area contributed by atoms with Crippen LogP contribution in [0.1, 0.15) is 30.9 Å². The molecule has 25 heavy (non-hydrogen) atoms. The first kappa shape index (κ1) is 18.9. The van der Waals surface area contributed by atoms with Gasteiger partial charge in [-0.25, -0.2) is 0 Å². The first-order valence-electron chi connectivity index (χ1n) is 8.22. The van der Waals surface area contributed by atoms with Crippen LogP contribution in [0.2, 0.25) is 0 Å². The summed E-state index contributed by atoms with van der Waals surface area (Å²) in [5, 5.41) is 19.7. The number of phenols is 2. The SMILES string of the molecule is COc1cc(C(c2ccc(O)c(OC)c2)[C@@H](C)[C@@H](C)CF)ccc1O. The molecule has 0 bridgehead atoms. The third-order valence-corrected chi connectivity index (χ3v) is 4.79. The largest absolute Gasteiger partial charge is 0.504 e. The van der Waals surface area contributed by atoms with Gasteiger partial charge in [-0.15, -0.1) is 0 Å². The lowest BCUT2D eigenvalue weighted by Crippen LogP contribution is -2.20. The molecule has 0 radical (unpaired) electrons. The zero-order valence-electron chi connectivity index (χ0n) is 15.0. The molecule has 0 fully saturated rings. The van der Waals surface area contributed by atoms with Crippen molar-refractivity contribution in [2.45, 2.75) is 19.8 Å². The molecule has 0 spiro atoms. The Morgan fingerprint density at radius 2 is 1.32 bits per heavy atom. The van der Waals surface area contributed by atoms with Gasteiger partial charge in [-0.2, -0.15) is 0 Å². The fraction of sp³-hybridized carbons (Fsp3) is 0.400. The monoisotopic (exact) mass is 348 g/mol. The van der Waals surface area contributed by atoms with E-state index in [1.165, 1.54) is 14.2 Å². The summed E-state index contributed by atoms with van der Waals surface area (Å²) in [6, 6.07) is 10.3. The van der Waals surface area contributed by atoms with Gasteiger partial charge in [0.15, 0.2) is 23.0 Å². The molecule has 2 N–H and O–H groups in total. The van der Waals surface area contributed by atoms with Gasteiger partial charge in [-0.3, -0.25) is 4.39 Å².